The van der Waals surface area contributed by atoms with Crippen LogP contribution in [0.25, 0.3) is 32.3 Å². The number of anilines is 1. The fourth-order valence-corrected chi connectivity index (χ4v) is 4.04. The van der Waals surface area contributed by atoms with E-state index < -0.39 is 0 Å². The Hall–Kier alpha value is -3.67. The lowest BCUT2D eigenvalue weighted by molar-refractivity contribution is 0.0474. The van der Waals surface area contributed by atoms with Crippen LogP contribution < -0.4 is 16.4 Å². The number of hydrazine groups is 2. The zero-order chi connectivity index (χ0) is 20.7. The van der Waals surface area contributed by atoms with Gasteiger partial charge in [0.05, 0.1) is 11.3 Å². The van der Waals surface area contributed by atoms with E-state index in [0.717, 1.165) is 16.6 Å². The predicted octanol–water partition coefficient (Wildman–Crippen LogP) is 4.76. The Balaban J connectivity index is 1.45. The number of nitrogens with one attached hydrogen (secondary N) is 1. The third-order valence-electron chi connectivity index (χ3n) is 5.66. The lowest BCUT2D eigenvalue weighted by Crippen LogP contribution is -2.39. The first-order valence-corrected chi connectivity index (χ1v) is 9.78. The minimum Gasteiger partial charge on any atom is -0.457 e. The molecule has 5 rings (SSSR count). The molecule has 5 nitrogen and oxygen atoms in total. The topological polar surface area (TPSA) is 67.6 Å². The summed E-state index contributed by atoms with van der Waals surface area (Å²) in [6.45, 7) is 0.221. The highest BCUT2D eigenvalue weighted by atomic mass is 16.5. The molecular formula is C25H21N3O2. The second-order valence-corrected chi connectivity index (χ2v) is 7.39. The number of esters is 1. The van der Waals surface area contributed by atoms with Crippen LogP contribution in [0.3, 0.4) is 0 Å². The second-order valence-electron chi connectivity index (χ2n) is 7.39. The van der Waals surface area contributed by atoms with E-state index in [-0.39, 0.29) is 12.6 Å². The van der Waals surface area contributed by atoms with E-state index >= 15 is 0 Å². The van der Waals surface area contributed by atoms with Gasteiger partial charge in [-0.3, -0.25) is 10.9 Å². The van der Waals surface area contributed by atoms with E-state index in [9.17, 15) is 4.79 Å². The molecule has 0 aliphatic carbocycles. The summed E-state index contributed by atoms with van der Waals surface area (Å²) in [5.41, 5.74) is 4.88. The van der Waals surface area contributed by atoms with E-state index in [1.807, 2.05) is 18.2 Å². The molecule has 0 spiro atoms. The highest BCUT2D eigenvalue weighted by molar-refractivity contribution is 6.23. The van der Waals surface area contributed by atoms with Crippen LogP contribution in [0.5, 0.6) is 0 Å². The van der Waals surface area contributed by atoms with Crippen molar-refractivity contribution in [2.75, 3.05) is 12.1 Å². The van der Waals surface area contributed by atoms with Crippen LogP contribution in [0.15, 0.2) is 78.9 Å². The molecule has 0 aliphatic heterocycles. The summed E-state index contributed by atoms with van der Waals surface area (Å²) < 4.78 is 5.64. The first-order chi connectivity index (χ1) is 14.7. The maximum atomic E-state index is 12.6. The van der Waals surface area contributed by atoms with Crippen LogP contribution in [-0.4, -0.2) is 13.0 Å². The van der Waals surface area contributed by atoms with Gasteiger partial charge in [0, 0.05) is 7.05 Å². The number of nitrogens with two attached hydrogens (primary N) is 1. The van der Waals surface area contributed by atoms with Crippen molar-refractivity contribution in [2.24, 2.45) is 5.84 Å². The fourth-order valence-electron chi connectivity index (χ4n) is 4.04. The smallest absolute Gasteiger partial charge is 0.338 e. The molecule has 0 bridgehead atoms. The molecule has 0 saturated heterocycles. The molecule has 0 radical (unpaired) electrons. The zero-order valence-corrected chi connectivity index (χ0v) is 16.6. The Morgan fingerprint density at radius 1 is 0.867 bits per heavy atom. The molecule has 0 aromatic heterocycles. The highest BCUT2D eigenvalue weighted by Gasteiger charge is 2.13. The van der Waals surface area contributed by atoms with Gasteiger partial charge in [0.15, 0.2) is 0 Å². The summed E-state index contributed by atoms with van der Waals surface area (Å²) in [5, 5.41) is 8.89. The van der Waals surface area contributed by atoms with E-state index in [1.165, 1.54) is 26.9 Å². The quantitative estimate of drug-likeness (QED) is 0.194. The molecule has 0 heterocycles. The Morgan fingerprint density at radius 3 is 2.20 bits per heavy atom. The molecule has 5 aromatic carbocycles. The number of hydrogen-bond donors (Lipinski definition) is 2. The molecule has 0 aliphatic rings. The van der Waals surface area contributed by atoms with Gasteiger partial charge in [0.1, 0.15) is 6.61 Å². The van der Waals surface area contributed by atoms with Crippen LogP contribution in [-0.2, 0) is 11.3 Å². The van der Waals surface area contributed by atoms with Crippen LogP contribution in [0.2, 0.25) is 0 Å². The number of carbonyl (C=O) groups is 1. The van der Waals surface area contributed by atoms with Gasteiger partial charge < -0.3 is 4.74 Å². The van der Waals surface area contributed by atoms with E-state index in [1.54, 1.807) is 24.2 Å². The number of carbonyl (C=O) groups excluding carboxylic acids is 1. The third-order valence-corrected chi connectivity index (χ3v) is 5.66. The van der Waals surface area contributed by atoms with Crippen LogP contribution in [0.1, 0.15) is 15.9 Å². The van der Waals surface area contributed by atoms with Crippen molar-refractivity contribution in [3.63, 3.8) is 0 Å². The number of nitrogens with zero attached hydrogens (tertiary/aromatic N) is 1. The summed E-state index contributed by atoms with van der Waals surface area (Å²) in [4.78, 5) is 12.6. The maximum Gasteiger partial charge on any atom is 0.338 e. The van der Waals surface area contributed by atoms with Crippen molar-refractivity contribution in [3.8, 4) is 0 Å². The lowest BCUT2D eigenvalue weighted by atomic mass is 9.92. The standard InChI is InChI=1S/C25H21N3O2/c1-28(27-26)21-12-9-19(10-13-21)25(29)30-15-20-8-7-18-6-5-16-3-2-4-17-11-14-22(20)24(18)23(16)17/h2-14,27H,15,26H2,1H3. The first kappa shape index (κ1) is 18.4. The number of rotatable bonds is 5. The monoisotopic (exact) mass is 395 g/mol. The zero-order valence-electron chi connectivity index (χ0n) is 16.6. The van der Waals surface area contributed by atoms with E-state index in [0.29, 0.717) is 5.56 Å². The average molecular weight is 395 g/mol. The third kappa shape index (κ3) is 3.01. The van der Waals surface area contributed by atoms with Gasteiger partial charge in [-0.25, -0.2) is 4.79 Å². The highest BCUT2D eigenvalue weighted by Crippen LogP contribution is 2.36. The SMILES string of the molecule is CN(NN)c1ccc(C(=O)OCc2ccc3ccc4cccc5ccc2c3c45)cc1. The Labute approximate surface area is 173 Å². The van der Waals surface area contributed by atoms with Crippen LogP contribution in [0.4, 0.5) is 5.69 Å². The molecule has 3 N–H and O–H groups in total. The van der Waals surface area contributed by atoms with Gasteiger partial charge in [0.2, 0.25) is 0 Å². The summed E-state index contributed by atoms with van der Waals surface area (Å²) >= 11 is 0. The van der Waals surface area contributed by atoms with Gasteiger partial charge in [0.25, 0.3) is 0 Å². The van der Waals surface area contributed by atoms with Crippen molar-refractivity contribution in [1.29, 1.82) is 0 Å². The molecule has 148 valence electrons. The number of hydrogen-bond acceptors (Lipinski definition) is 5. The van der Waals surface area contributed by atoms with Crippen molar-refractivity contribution in [1.82, 2.24) is 5.53 Å². The molecule has 5 heteroatoms. The maximum absolute atomic E-state index is 12.6. The largest absolute Gasteiger partial charge is 0.457 e. The van der Waals surface area contributed by atoms with Gasteiger partial charge >= 0.3 is 5.97 Å². The average Bonchev–Trinajstić information content (AvgIpc) is 2.81. The molecule has 5 aromatic rings. The van der Waals surface area contributed by atoms with Gasteiger partial charge in [-0.05, 0) is 62.1 Å². The van der Waals surface area contributed by atoms with Crippen LogP contribution >= 0.6 is 0 Å². The van der Waals surface area contributed by atoms with Gasteiger partial charge in [-0.1, -0.05) is 54.6 Å². The molecular weight excluding hydrogens is 374 g/mol. The fraction of sp³-hybridized carbons (Fsp3) is 0.0800. The Bertz CT molecular complexity index is 1350. The summed E-state index contributed by atoms with van der Waals surface area (Å²) in [6.07, 6.45) is 0. The number of benzene rings is 5. The Morgan fingerprint density at radius 2 is 1.50 bits per heavy atom. The predicted molar refractivity (Wildman–Crippen MR) is 121 cm³/mol. The summed E-state index contributed by atoms with van der Waals surface area (Å²) in [7, 11) is 1.79. The molecule has 0 fully saturated rings. The number of ether oxygens (including phenoxy) is 1. The van der Waals surface area contributed by atoms with Crippen molar-refractivity contribution in [3.05, 3.63) is 90.0 Å². The first-order valence-electron chi connectivity index (χ1n) is 9.78. The normalized spacial score (nSPS) is 11.4. The van der Waals surface area contributed by atoms with E-state index in [4.69, 9.17) is 10.6 Å². The Kier molecular flexibility index (Phi) is 4.47. The van der Waals surface area contributed by atoms with Crippen molar-refractivity contribution >= 4 is 44.0 Å². The molecule has 0 amide bonds. The minimum atomic E-state index is -0.351. The van der Waals surface area contributed by atoms with Gasteiger partial charge in [-0.15, -0.1) is 0 Å². The molecule has 0 atom stereocenters. The summed E-state index contributed by atoms with van der Waals surface area (Å²) in [5.74, 6) is 5.05. The van der Waals surface area contributed by atoms with Crippen molar-refractivity contribution in [2.45, 2.75) is 6.61 Å². The van der Waals surface area contributed by atoms with Gasteiger partial charge in [-0.2, -0.15) is 5.53 Å². The lowest BCUT2D eigenvalue weighted by Gasteiger charge is -2.17. The molecule has 30 heavy (non-hydrogen) atoms. The summed E-state index contributed by atoms with van der Waals surface area (Å²) in [6, 6.07) is 26.1. The minimum absolute atomic E-state index is 0.221. The van der Waals surface area contributed by atoms with E-state index in [2.05, 4.69) is 54.1 Å². The molecule has 0 saturated carbocycles. The molecule has 0 unspecified atom stereocenters. The second kappa shape index (κ2) is 7.30. The van der Waals surface area contributed by atoms with Crippen LogP contribution in [0, 0.1) is 0 Å². The van der Waals surface area contributed by atoms with Crippen molar-refractivity contribution < 1.29 is 9.53 Å².